The third-order valence-electron chi connectivity index (χ3n) is 2.86. The van der Waals surface area contributed by atoms with Crippen molar-refractivity contribution in [2.75, 3.05) is 11.1 Å². The van der Waals surface area contributed by atoms with Crippen LogP contribution in [0, 0.1) is 0 Å². The van der Waals surface area contributed by atoms with Gasteiger partial charge in [0.1, 0.15) is 17.2 Å². The predicted molar refractivity (Wildman–Crippen MR) is 78.7 cm³/mol. The van der Waals surface area contributed by atoms with Gasteiger partial charge < -0.3 is 11.1 Å². The maximum Gasteiger partial charge on any atom is 0.154 e. The summed E-state index contributed by atoms with van der Waals surface area (Å²) < 4.78 is 0. The molecule has 0 radical (unpaired) electrons. The fourth-order valence-electron chi connectivity index (χ4n) is 1.93. The zero-order valence-electron chi connectivity index (χ0n) is 9.97. The molecule has 5 heteroatoms. The number of nitrogen functional groups attached to an aromatic ring is 1. The SMILES string of the molecule is Nc1ncnc(Nc2cccc3ccccc23)c1Cl. The number of fused-ring (bicyclic) bond motifs is 1. The minimum atomic E-state index is 0.263. The average molecular weight is 271 g/mol. The van der Waals surface area contributed by atoms with Gasteiger partial charge in [-0.15, -0.1) is 0 Å². The maximum absolute atomic E-state index is 6.08. The number of nitrogens with one attached hydrogen (secondary N) is 1. The van der Waals surface area contributed by atoms with Gasteiger partial charge in [0.2, 0.25) is 0 Å². The second kappa shape index (κ2) is 4.74. The van der Waals surface area contributed by atoms with Crippen LogP contribution >= 0.6 is 11.6 Å². The van der Waals surface area contributed by atoms with E-state index in [-0.39, 0.29) is 5.82 Å². The number of nitrogens with zero attached hydrogens (tertiary/aromatic N) is 2. The topological polar surface area (TPSA) is 63.8 Å². The highest BCUT2D eigenvalue weighted by atomic mass is 35.5. The lowest BCUT2D eigenvalue weighted by molar-refractivity contribution is 1.18. The van der Waals surface area contributed by atoms with Gasteiger partial charge in [-0.3, -0.25) is 0 Å². The summed E-state index contributed by atoms with van der Waals surface area (Å²) in [6, 6.07) is 14.1. The Morgan fingerprint density at radius 2 is 1.79 bits per heavy atom. The largest absolute Gasteiger partial charge is 0.382 e. The Kier molecular flexibility index (Phi) is 2.93. The molecule has 0 saturated carbocycles. The summed E-state index contributed by atoms with van der Waals surface area (Å²) in [5.41, 5.74) is 6.59. The Morgan fingerprint density at radius 1 is 1.00 bits per heavy atom. The zero-order chi connectivity index (χ0) is 13.2. The van der Waals surface area contributed by atoms with E-state index in [0.29, 0.717) is 10.8 Å². The molecule has 2 aromatic carbocycles. The average Bonchev–Trinajstić information content (AvgIpc) is 2.44. The van der Waals surface area contributed by atoms with Gasteiger partial charge in [0.05, 0.1) is 0 Å². The molecule has 0 atom stereocenters. The van der Waals surface area contributed by atoms with E-state index in [1.807, 2.05) is 30.3 Å². The second-order valence-electron chi connectivity index (χ2n) is 4.07. The standard InChI is InChI=1S/C14H11ClN4/c15-12-13(16)17-8-18-14(12)19-11-7-3-5-9-4-1-2-6-10(9)11/h1-8H,(H3,16,17,18,19). The number of hydrogen-bond donors (Lipinski definition) is 2. The van der Waals surface area contributed by atoms with Crippen LogP contribution in [0.1, 0.15) is 0 Å². The minimum Gasteiger partial charge on any atom is -0.382 e. The molecule has 0 saturated heterocycles. The van der Waals surface area contributed by atoms with Gasteiger partial charge in [-0.25, -0.2) is 9.97 Å². The van der Waals surface area contributed by atoms with Gasteiger partial charge in [0.25, 0.3) is 0 Å². The normalized spacial score (nSPS) is 10.6. The molecule has 1 heterocycles. The van der Waals surface area contributed by atoms with E-state index < -0.39 is 0 Å². The molecule has 4 nitrogen and oxygen atoms in total. The highest BCUT2D eigenvalue weighted by molar-refractivity contribution is 6.35. The number of halogens is 1. The van der Waals surface area contributed by atoms with Crippen LogP contribution in [0.5, 0.6) is 0 Å². The third-order valence-corrected chi connectivity index (χ3v) is 3.23. The number of anilines is 3. The van der Waals surface area contributed by atoms with E-state index in [4.69, 9.17) is 17.3 Å². The van der Waals surface area contributed by atoms with E-state index in [9.17, 15) is 0 Å². The van der Waals surface area contributed by atoms with Crippen molar-refractivity contribution in [3.63, 3.8) is 0 Å². The van der Waals surface area contributed by atoms with Crippen molar-refractivity contribution in [1.82, 2.24) is 9.97 Å². The molecule has 0 bridgehead atoms. The summed E-state index contributed by atoms with van der Waals surface area (Å²) in [6.07, 6.45) is 1.38. The summed E-state index contributed by atoms with van der Waals surface area (Å²) in [4.78, 5) is 7.95. The van der Waals surface area contributed by atoms with E-state index in [0.717, 1.165) is 16.5 Å². The lowest BCUT2D eigenvalue weighted by Crippen LogP contribution is -1.99. The van der Waals surface area contributed by atoms with Crippen molar-refractivity contribution in [1.29, 1.82) is 0 Å². The molecule has 0 amide bonds. The van der Waals surface area contributed by atoms with Gasteiger partial charge in [-0.05, 0) is 11.5 Å². The van der Waals surface area contributed by atoms with Gasteiger partial charge >= 0.3 is 0 Å². The number of hydrogen-bond acceptors (Lipinski definition) is 4. The second-order valence-corrected chi connectivity index (χ2v) is 4.45. The molecule has 0 aliphatic rings. The van der Waals surface area contributed by atoms with Crippen LogP contribution in [-0.2, 0) is 0 Å². The zero-order valence-corrected chi connectivity index (χ0v) is 10.7. The van der Waals surface area contributed by atoms with Crippen molar-refractivity contribution in [2.45, 2.75) is 0 Å². The van der Waals surface area contributed by atoms with E-state index >= 15 is 0 Å². The fraction of sp³-hybridized carbons (Fsp3) is 0. The van der Waals surface area contributed by atoms with Crippen LogP contribution in [-0.4, -0.2) is 9.97 Å². The Bertz CT molecular complexity index is 737. The summed E-state index contributed by atoms with van der Waals surface area (Å²) in [5, 5.41) is 5.76. The highest BCUT2D eigenvalue weighted by Gasteiger charge is 2.08. The Labute approximate surface area is 115 Å². The first-order chi connectivity index (χ1) is 9.25. The Morgan fingerprint density at radius 3 is 2.68 bits per heavy atom. The van der Waals surface area contributed by atoms with Gasteiger partial charge in [-0.2, -0.15) is 0 Å². The van der Waals surface area contributed by atoms with Crippen molar-refractivity contribution in [2.24, 2.45) is 0 Å². The molecule has 3 N–H and O–H groups in total. The quantitative estimate of drug-likeness (QED) is 0.747. The molecule has 19 heavy (non-hydrogen) atoms. The fourth-order valence-corrected chi connectivity index (χ4v) is 2.08. The molecule has 0 unspecified atom stereocenters. The van der Waals surface area contributed by atoms with Crippen LogP contribution in [0.25, 0.3) is 10.8 Å². The Hall–Kier alpha value is -2.33. The van der Waals surface area contributed by atoms with Gasteiger partial charge in [0, 0.05) is 11.1 Å². The van der Waals surface area contributed by atoms with E-state index in [1.54, 1.807) is 0 Å². The summed E-state index contributed by atoms with van der Waals surface area (Å²) in [7, 11) is 0. The first-order valence-corrected chi connectivity index (χ1v) is 6.14. The predicted octanol–water partition coefficient (Wildman–Crippen LogP) is 3.61. The molecule has 0 aliphatic carbocycles. The first-order valence-electron chi connectivity index (χ1n) is 5.76. The molecular weight excluding hydrogens is 260 g/mol. The van der Waals surface area contributed by atoms with E-state index in [2.05, 4.69) is 27.4 Å². The van der Waals surface area contributed by atoms with Crippen LogP contribution < -0.4 is 11.1 Å². The molecule has 3 aromatic rings. The third kappa shape index (κ3) is 2.18. The lowest BCUT2D eigenvalue weighted by atomic mass is 10.1. The van der Waals surface area contributed by atoms with Crippen LogP contribution in [0.2, 0.25) is 5.02 Å². The molecular formula is C14H11ClN4. The summed E-state index contributed by atoms with van der Waals surface area (Å²) in [6.45, 7) is 0. The minimum absolute atomic E-state index is 0.263. The molecule has 0 spiro atoms. The first kappa shape index (κ1) is 11.7. The summed E-state index contributed by atoms with van der Waals surface area (Å²) >= 11 is 6.08. The number of nitrogens with two attached hydrogens (primary N) is 1. The van der Waals surface area contributed by atoms with Crippen LogP contribution in [0.4, 0.5) is 17.3 Å². The molecule has 0 fully saturated rings. The van der Waals surface area contributed by atoms with E-state index in [1.165, 1.54) is 6.33 Å². The molecule has 1 aromatic heterocycles. The molecule has 0 aliphatic heterocycles. The van der Waals surface area contributed by atoms with Crippen molar-refractivity contribution >= 4 is 39.7 Å². The van der Waals surface area contributed by atoms with Gasteiger partial charge in [0.15, 0.2) is 5.82 Å². The van der Waals surface area contributed by atoms with Crippen LogP contribution in [0.15, 0.2) is 48.8 Å². The van der Waals surface area contributed by atoms with Crippen LogP contribution in [0.3, 0.4) is 0 Å². The molecule has 94 valence electrons. The smallest absolute Gasteiger partial charge is 0.154 e. The monoisotopic (exact) mass is 270 g/mol. The number of benzene rings is 2. The summed E-state index contributed by atoms with van der Waals surface area (Å²) in [5.74, 6) is 0.768. The number of aromatic nitrogens is 2. The van der Waals surface area contributed by atoms with Gasteiger partial charge in [-0.1, -0.05) is 48.0 Å². The number of rotatable bonds is 2. The van der Waals surface area contributed by atoms with Crippen molar-refractivity contribution in [3.05, 3.63) is 53.8 Å². The highest BCUT2D eigenvalue weighted by Crippen LogP contribution is 2.30. The molecule has 3 rings (SSSR count). The lowest BCUT2D eigenvalue weighted by Gasteiger charge is -2.10. The van der Waals surface area contributed by atoms with Crippen molar-refractivity contribution < 1.29 is 0 Å². The maximum atomic E-state index is 6.08. The van der Waals surface area contributed by atoms with Crippen molar-refractivity contribution in [3.8, 4) is 0 Å². The Balaban J connectivity index is 2.09.